The smallest absolute Gasteiger partial charge is 0.264 e. The van der Waals surface area contributed by atoms with Crippen LogP contribution in [0, 0.1) is 0 Å². The van der Waals surface area contributed by atoms with Crippen molar-refractivity contribution in [3.63, 3.8) is 0 Å². The van der Waals surface area contributed by atoms with E-state index in [1.165, 1.54) is 10.4 Å². The van der Waals surface area contributed by atoms with Crippen LogP contribution < -0.4 is 9.04 Å². The average Bonchev–Trinajstić information content (AvgIpc) is 2.90. The van der Waals surface area contributed by atoms with E-state index in [0.29, 0.717) is 23.7 Å². The fourth-order valence-corrected chi connectivity index (χ4v) is 4.28. The summed E-state index contributed by atoms with van der Waals surface area (Å²) in [7, 11) is -1.99. The normalized spacial score (nSPS) is 14.1. The molecule has 21 heavy (non-hydrogen) atoms. The maximum absolute atomic E-state index is 12.7. The second kappa shape index (κ2) is 5.24. The fraction of sp³-hybridized carbons (Fsp3) is 0.200. The van der Waals surface area contributed by atoms with Gasteiger partial charge in [-0.05, 0) is 48.4 Å². The molecular formula is C15H14ClNO3S. The zero-order valence-corrected chi connectivity index (χ0v) is 13.0. The lowest BCUT2D eigenvalue weighted by atomic mass is 10.1. The molecule has 0 unspecified atom stereocenters. The highest BCUT2D eigenvalue weighted by Crippen LogP contribution is 2.35. The molecule has 0 radical (unpaired) electrons. The van der Waals surface area contributed by atoms with Gasteiger partial charge in [0.2, 0.25) is 0 Å². The summed E-state index contributed by atoms with van der Waals surface area (Å²) in [5.74, 6) is 0.732. The van der Waals surface area contributed by atoms with Crippen molar-refractivity contribution in [3.8, 4) is 5.75 Å². The number of rotatable bonds is 3. The van der Waals surface area contributed by atoms with Crippen molar-refractivity contribution >= 4 is 27.3 Å². The zero-order chi connectivity index (χ0) is 15.0. The van der Waals surface area contributed by atoms with Crippen LogP contribution in [-0.4, -0.2) is 22.1 Å². The standard InChI is InChI=1S/C15H14ClNO3S/c1-20-13-5-6-15-11(9-13)7-8-17(15)21(18,19)14-4-2-3-12(16)10-14/h2-6,9-10H,7-8H2,1H3. The predicted octanol–water partition coefficient (Wildman–Crippen LogP) is 3.10. The van der Waals surface area contributed by atoms with Crippen LogP contribution in [0.1, 0.15) is 5.56 Å². The summed E-state index contributed by atoms with van der Waals surface area (Å²) in [6.45, 7) is 0.428. The van der Waals surface area contributed by atoms with E-state index in [9.17, 15) is 8.42 Å². The lowest BCUT2D eigenvalue weighted by molar-refractivity contribution is 0.414. The Labute approximate surface area is 129 Å². The molecule has 6 heteroatoms. The molecule has 4 nitrogen and oxygen atoms in total. The maximum Gasteiger partial charge on any atom is 0.264 e. The van der Waals surface area contributed by atoms with Crippen LogP contribution in [0.15, 0.2) is 47.4 Å². The Morgan fingerprint density at radius 2 is 2.00 bits per heavy atom. The van der Waals surface area contributed by atoms with Crippen LogP contribution in [0.25, 0.3) is 0 Å². The summed E-state index contributed by atoms with van der Waals surface area (Å²) in [6.07, 6.45) is 0.673. The molecule has 0 bridgehead atoms. The quantitative estimate of drug-likeness (QED) is 0.872. The van der Waals surface area contributed by atoms with Crippen LogP contribution >= 0.6 is 11.6 Å². The number of hydrogen-bond donors (Lipinski definition) is 0. The number of methoxy groups -OCH3 is 1. The molecule has 2 aromatic rings. The third-order valence-corrected chi connectivity index (χ3v) is 5.57. The van der Waals surface area contributed by atoms with E-state index in [-0.39, 0.29) is 4.90 Å². The highest BCUT2D eigenvalue weighted by Gasteiger charge is 2.31. The Morgan fingerprint density at radius 1 is 1.19 bits per heavy atom. The monoisotopic (exact) mass is 323 g/mol. The molecule has 3 rings (SSSR count). The molecule has 1 aliphatic rings. The fourth-order valence-electron chi connectivity index (χ4n) is 2.48. The second-order valence-corrected chi connectivity index (χ2v) is 7.08. The van der Waals surface area contributed by atoms with Gasteiger partial charge in [0, 0.05) is 11.6 Å². The van der Waals surface area contributed by atoms with Crippen LogP contribution in [0.3, 0.4) is 0 Å². The third-order valence-electron chi connectivity index (χ3n) is 3.52. The molecule has 0 atom stereocenters. The minimum Gasteiger partial charge on any atom is -0.497 e. The van der Waals surface area contributed by atoms with Gasteiger partial charge in [-0.3, -0.25) is 4.31 Å². The van der Waals surface area contributed by atoms with E-state index in [4.69, 9.17) is 16.3 Å². The average molecular weight is 324 g/mol. The molecule has 0 N–H and O–H groups in total. The minimum atomic E-state index is -3.59. The van der Waals surface area contributed by atoms with E-state index < -0.39 is 10.0 Å². The summed E-state index contributed by atoms with van der Waals surface area (Å²) in [6, 6.07) is 11.8. The van der Waals surface area contributed by atoms with Crippen LogP contribution in [-0.2, 0) is 16.4 Å². The number of sulfonamides is 1. The van der Waals surface area contributed by atoms with Gasteiger partial charge in [0.05, 0.1) is 17.7 Å². The summed E-state index contributed by atoms with van der Waals surface area (Å²) >= 11 is 5.90. The number of anilines is 1. The first-order valence-electron chi connectivity index (χ1n) is 6.47. The van der Waals surface area contributed by atoms with E-state index in [2.05, 4.69) is 0 Å². The molecule has 2 aromatic carbocycles. The lowest BCUT2D eigenvalue weighted by Gasteiger charge is -2.19. The van der Waals surface area contributed by atoms with Crippen LogP contribution in [0.5, 0.6) is 5.75 Å². The molecule has 0 fully saturated rings. The first kappa shape index (κ1) is 14.2. The Bertz CT molecular complexity index is 789. The lowest BCUT2D eigenvalue weighted by Crippen LogP contribution is -2.29. The van der Waals surface area contributed by atoms with Crippen molar-refractivity contribution in [1.29, 1.82) is 0 Å². The molecular weight excluding hydrogens is 310 g/mol. The number of benzene rings is 2. The van der Waals surface area contributed by atoms with Gasteiger partial charge in [0.25, 0.3) is 10.0 Å². The van der Waals surface area contributed by atoms with Crippen LogP contribution in [0.4, 0.5) is 5.69 Å². The molecule has 0 aliphatic carbocycles. The summed E-state index contributed by atoms with van der Waals surface area (Å²) in [4.78, 5) is 0.207. The van der Waals surface area contributed by atoms with Gasteiger partial charge in [-0.2, -0.15) is 0 Å². The van der Waals surface area contributed by atoms with Crippen LogP contribution in [0.2, 0.25) is 5.02 Å². The van der Waals surface area contributed by atoms with Crippen molar-refractivity contribution in [3.05, 3.63) is 53.1 Å². The summed E-state index contributed by atoms with van der Waals surface area (Å²) < 4.78 is 32.1. The Balaban J connectivity index is 2.04. The number of fused-ring (bicyclic) bond motifs is 1. The highest BCUT2D eigenvalue weighted by molar-refractivity contribution is 7.92. The van der Waals surface area contributed by atoms with Crippen molar-refractivity contribution < 1.29 is 13.2 Å². The summed E-state index contributed by atoms with van der Waals surface area (Å²) in [5.41, 5.74) is 1.68. The molecule has 1 aliphatic heterocycles. The predicted molar refractivity (Wildman–Crippen MR) is 82.7 cm³/mol. The second-order valence-electron chi connectivity index (χ2n) is 4.78. The molecule has 110 valence electrons. The molecule has 0 aromatic heterocycles. The first-order valence-corrected chi connectivity index (χ1v) is 8.29. The van der Waals surface area contributed by atoms with Crippen molar-refractivity contribution in [2.75, 3.05) is 18.0 Å². The van der Waals surface area contributed by atoms with Gasteiger partial charge in [-0.1, -0.05) is 17.7 Å². The number of nitrogens with zero attached hydrogens (tertiary/aromatic N) is 1. The molecule has 0 saturated heterocycles. The Kier molecular flexibility index (Phi) is 3.55. The van der Waals surface area contributed by atoms with E-state index in [1.54, 1.807) is 37.4 Å². The largest absolute Gasteiger partial charge is 0.497 e. The van der Waals surface area contributed by atoms with Gasteiger partial charge in [0.1, 0.15) is 5.75 Å². The molecule has 1 heterocycles. The van der Waals surface area contributed by atoms with Gasteiger partial charge >= 0.3 is 0 Å². The highest BCUT2D eigenvalue weighted by atomic mass is 35.5. The van der Waals surface area contributed by atoms with Gasteiger partial charge in [-0.25, -0.2) is 8.42 Å². The Hall–Kier alpha value is -1.72. The van der Waals surface area contributed by atoms with Gasteiger partial charge in [0.15, 0.2) is 0 Å². The zero-order valence-electron chi connectivity index (χ0n) is 11.4. The number of halogens is 1. The maximum atomic E-state index is 12.7. The van der Waals surface area contributed by atoms with Crippen molar-refractivity contribution in [1.82, 2.24) is 0 Å². The van der Waals surface area contributed by atoms with E-state index >= 15 is 0 Å². The van der Waals surface area contributed by atoms with E-state index in [1.807, 2.05) is 6.07 Å². The van der Waals surface area contributed by atoms with Gasteiger partial charge in [-0.15, -0.1) is 0 Å². The number of ether oxygens (including phenoxy) is 1. The topological polar surface area (TPSA) is 46.6 Å². The number of hydrogen-bond acceptors (Lipinski definition) is 3. The third kappa shape index (κ3) is 2.47. The first-order chi connectivity index (χ1) is 10.0. The molecule has 0 spiro atoms. The minimum absolute atomic E-state index is 0.207. The molecule has 0 saturated carbocycles. The molecule has 0 amide bonds. The van der Waals surface area contributed by atoms with Gasteiger partial charge < -0.3 is 4.74 Å². The van der Waals surface area contributed by atoms with E-state index in [0.717, 1.165) is 11.3 Å². The van der Waals surface area contributed by atoms with Crippen molar-refractivity contribution in [2.45, 2.75) is 11.3 Å². The Morgan fingerprint density at radius 3 is 2.71 bits per heavy atom. The SMILES string of the molecule is COc1ccc2c(c1)CCN2S(=O)(=O)c1cccc(Cl)c1. The summed E-state index contributed by atoms with van der Waals surface area (Å²) in [5, 5.41) is 0.408. The van der Waals surface area contributed by atoms with Crippen molar-refractivity contribution in [2.24, 2.45) is 0 Å².